The molecule has 0 aliphatic heterocycles. The van der Waals surface area contributed by atoms with E-state index in [0.717, 1.165) is 4.90 Å². The zero-order valence-electron chi connectivity index (χ0n) is 12.9. The average molecular weight is 316 g/mol. The number of thioether (sulfide) groups is 1. The van der Waals surface area contributed by atoms with Crippen molar-refractivity contribution < 1.29 is 14.3 Å². The van der Waals surface area contributed by atoms with Crippen molar-refractivity contribution in [3.05, 3.63) is 54.1 Å². The molecule has 0 spiro atoms. The van der Waals surface area contributed by atoms with Crippen LogP contribution in [0.4, 0.5) is 0 Å². The number of Topliss-reactive ketones (excluding diaryl/α,β-unsaturated/α-hetero) is 1. The van der Waals surface area contributed by atoms with Gasteiger partial charge >= 0.3 is 0 Å². The predicted octanol–water partition coefficient (Wildman–Crippen LogP) is 4.46. The van der Waals surface area contributed by atoms with Gasteiger partial charge in [0.2, 0.25) is 0 Å². The van der Waals surface area contributed by atoms with E-state index in [2.05, 4.69) is 0 Å². The lowest BCUT2D eigenvalue weighted by molar-refractivity contribution is 0.102. The first-order chi connectivity index (χ1) is 10.7. The number of rotatable bonds is 8. The maximum atomic E-state index is 12.3. The van der Waals surface area contributed by atoms with Gasteiger partial charge in [-0.1, -0.05) is 18.2 Å². The van der Waals surface area contributed by atoms with Gasteiger partial charge in [-0.15, -0.1) is 11.8 Å². The van der Waals surface area contributed by atoms with Gasteiger partial charge in [-0.2, -0.15) is 0 Å². The molecule has 0 aliphatic carbocycles. The van der Waals surface area contributed by atoms with E-state index >= 15 is 0 Å². The predicted molar refractivity (Wildman–Crippen MR) is 90.3 cm³/mol. The Kier molecular flexibility index (Phi) is 6.34. The number of ether oxygens (including phenoxy) is 2. The molecule has 4 heteroatoms. The standard InChI is InChI=1S/C18H20O3S/c1-3-20-17-11-10-14(12-18(17)21-4-2)16(19)13-22-15-8-6-5-7-9-15/h5-12H,3-4,13H2,1-2H3. The Morgan fingerprint density at radius 2 is 1.64 bits per heavy atom. The third-order valence-electron chi connectivity index (χ3n) is 2.98. The summed E-state index contributed by atoms with van der Waals surface area (Å²) in [6.45, 7) is 4.94. The number of carbonyl (C=O) groups is 1. The molecule has 2 aromatic carbocycles. The van der Waals surface area contributed by atoms with E-state index in [0.29, 0.717) is 36.0 Å². The molecule has 2 rings (SSSR count). The molecule has 22 heavy (non-hydrogen) atoms. The largest absolute Gasteiger partial charge is 0.490 e. The Morgan fingerprint density at radius 1 is 0.955 bits per heavy atom. The SMILES string of the molecule is CCOc1ccc(C(=O)CSc2ccccc2)cc1OCC. The third-order valence-corrected chi connectivity index (χ3v) is 3.99. The van der Waals surface area contributed by atoms with Crippen LogP contribution in [0.25, 0.3) is 0 Å². The Labute approximate surface area is 135 Å². The normalized spacial score (nSPS) is 10.3. The second-order valence-electron chi connectivity index (χ2n) is 4.55. The summed E-state index contributed by atoms with van der Waals surface area (Å²) in [6, 6.07) is 15.3. The number of ketones is 1. The van der Waals surface area contributed by atoms with E-state index in [1.165, 1.54) is 11.8 Å². The molecule has 0 heterocycles. The first kappa shape index (κ1) is 16.4. The van der Waals surface area contributed by atoms with Crippen LogP contribution in [-0.4, -0.2) is 24.7 Å². The molecule has 116 valence electrons. The van der Waals surface area contributed by atoms with E-state index in [-0.39, 0.29) is 5.78 Å². The highest BCUT2D eigenvalue weighted by Gasteiger charge is 2.12. The monoisotopic (exact) mass is 316 g/mol. The van der Waals surface area contributed by atoms with Crippen LogP contribution in [-0.2, 0) is 0 Å². The number of hydrogen-bond donors (Lipinski definition) is 0. The lowest BCUT2D eigenvalue weighted by Gasteiger charge is -2.12. The highest BCUT2D eigenvalue weighted by atomic mass is 32.2. The Morgan fingerprint density at radius 3 is 2.32 bits per heavy atom. The van der Waals surface area contributed by atoms with Gasteiger partial charge in [-0.25, -0.2) is 0 Å². The molecule has 0 atom stereocenters. The molecule has 2 aromatic rings. The second-order valence-corrected chi connectivity index (χ2v) is 5.60. The maximum Gasteiger partial charge on any atom is 0.173 e. The van der Waals surface area contributed by atoms with Gasteiger partial charge in [0.1, 0.15) is 0 Å². The Bertz CT molecular complexity index is 611. The quantitative estimate of drug-likeness (QED) is 0.532. The van der Waals surface area contributed by atoms with Crippen molar-refractivity contribution >= 4 is 17.5 Å². The summed E-state index contributed by atoms with van der Waals surface area (Å²) < 4.78 is 11.1. The highest BCUT2D eigenvalue weighted by molar-refractivity contribution is 8.00. The lowest BCUT2D eigenvalue weighted by atomic mass is 10.1. The minimum absolute atomic E-state index is 0.0813. The molecular formula is C18H20O3S. The highest BCUT2D eigenvalue weighted by Crippen LogP contribution is 2.29. The molecule has 0 aromatic heterocycles. The van der Waals surface area contributed by atoms with Crippen LogP contribution in [0.3, 0.4) is 0 Å². The lowest BCUT2D eigenvalue weighted by Crippen LogP contribution is -2.05. The summed E-state index contributed by atoms with van der Waals surface area (Å²) in [5.74, 6) is 1.79. The molecular weight excluding hydrogens is 296 g/mol. The topological polar surface area (TPSA) is 35.5 Å². The molecule has 0 radical (unpaired) electrons. The smallest absolute Gasteiger partial charge is 0.173 e. The molecule has 0 N–H and O–H groups in total. The van der Waals surface area contributed by atoms with Crippen molar-refractivity contribution in [2.45, 2.75) is 18.7 Å². The second kappa shape index (κ2) is 8.49. The molecule has 0 saturated carbocycles. The maximum absolute atomic E-state index is 12.3. The van der Waals surface area contributed by atoms with E-state index in [4.69, 9.17) is 9.47 Å². The fourth-order valence-corrected chi connectivity index (χ4v) is 2.79. The van der Waals surface area contributed by atoms with Crippen molar-refractivity contribution in [1.29, 1.82) is 0 Å². The third kappa shape index (κ3) is 4.53. The summed E-state index contributed by atoms with van der Waals surface area (Å²) in [5.41, 5.74) is 0.648. The van der Waals surface area contributed by atoms with Crippen molar-refractivity contribution in [2.24, 2.45) is 0 Å². The van der Waals surface area contributed by atoms with E-state index < -0.39 is 0 Å². The number of benzene rings is 2. The van der Waals surface area contributed by atoms with Crippen LogP contribution in [0.1, 0.15) is 24.2 Å². The minimum atomic E-state index is 0.0813. The van der Waals surface area contributed by atoms with Crippen LogP contribution in [0.2, 0.25) is 0 Å². The Balaban J connectivity index is 2.07. The van der Waals surface area contributed by atoms with Crippen LogP contribution >= 0.6 is 11.8 Å². The molecule has 0 bridgehead atoms. The number of hydrogen-bond acceptors (Lipinski definition) is 4. The van der Waals surface area contributed by atoms with Gasteiger partial charge in [0.05, 0.1) is 19.0 Å². The van der Waals surface area contributed by atoms with Gasteiger partial charge in [0, 0.05) is 10.5 Å². The first-order valence-corrected chi connectivity index (χ1v) is 8.33. The fourth-order valence-electron chi connectivity index (χ4n) is 1.97. The van der Waals surface area contributed by atoms with Crippen LogP contribution in [0.5, 0.6) is 11.5 Å². The number of carbonyl (C=O) groups excluding carboxylic acids is 1. The summed E-state index contributed by atoms with van der Waals surface area (Å²) >= 11 is 1.54. The van der Waals surface area contributed by atoms with Gasteiger partial charge in [0.25, 0.3) is 0 Å². The molecule has 3 nitrogen and oxygen atoms in total. The zero-order chi connectivity index (χ0) is 15.8. The first-order valence-electron chi connectivity index (χ1n) is 7.35. The van der Waals surface area contributed by atoms with E-state index in [9.17, 15) is 4.79 Å². The van der Waals surface area contributed by atoms with Crippen molar-refractivity contribution in [1.82, 2.24) is 0 Å². The van der Waals surface area contributed by atoms with E-state index in [1.54, 1.807) is 18.2 Å². The van der Waals surface area contributed by atoms with Crippen molar-refractivity contribution in [2.75, 3.05) is 19.0 Å². The van der Waals surface area contributed by atoms with Crippen LogP contribution in [0.15, 0.2) is 53.4 Å². The molecule has 0 aliphatic rings. The molecule has 0 saturated heterocycles. The minimum Gasteiger partial charge on any atom is -0.490 e. The molecule has 0 unspecified atom stereocenters. The van der Waals surface area contributed by atoms with Crippen LogP contribution in [0, 0.1) is 0 Å². The van der Waals surface area contributed by atoms with Crippen molar-refractivity contribution in [3.8, 4) is 11.5 Å². The average Bonchev–Trinajstić information content (AvgIpc) is 2.55. The summed E-state index contributed by atoms with van der Waals surface area (Å²) in [5, 5.41) is 0. The Hall–Kier alpha value is -1.94. The van der Waals surface area contributed by atoms with Gasteiger partial charge in [-0.3, -0.25) is 4.79 Å². The fraction of sp³-hybridized carbons (Fsp3) is 0.278. The zero-order valence-corrected chi connectivity index (χ0v) is 13.7. The molecule has 0 fully saturated rings. The van der Waals surface area contributed by atoms with Crippen molar-refractivity contribution in [3.63, 3.8) is 0 Å². The van der Waals surface area contributed by atoms with Gasteiger partial charge < -0.3 is 9.47 Å². The van der Waals surface area contributed by atoms with Gasteiger partial charge in [-0.05, 0) is 44.2 Å². The summed E-state index contributed by atoms with van der Waals surface area (Å²) in [7, 11) is 0. The van der Waals surface area contributed by atoms with Gasteiger partial charge in [0.15, 0.2) is 17.3 Å². The molecule has 0 amide bonds. The summed E-state index contributed by atoms with van der Waals surface area (Å²) in [6.07, 6.45) is 0. The van der Waals surface area contributed by atoms with E-state index in [1.807, 2.05) is 44.2 Å². The summed E-state index contributed by atoms with van der Waals surface area (Å²) in [4.78, 5) is 13.4. The van der Waals surface area contributed by atoms with Crippen LogP contribution < -0.4 is 9.47 Å².